The van der Waals surface area contributed by atoms with Gasteiger partial charge >= 0.3 is 0 Å². The summed E-state index contributed by atoms with van der Waals surface area (Å²) in [5, 5.41) is 0. The molecule has 0 heterocycles. The summed E-state index contributed by atoms with van der Waals surface area (Å²) in [5.41, 5.74) is 2.80. The maximum absolute atomic E-state index is 10.2. The molecule has 0 radical (unpaired) electrons. The molecule has 0 N–H and O–H groups in total. The minimum atomic E-state index is 0.679. The Kier molecular flexibility index (Phi) is 7.37. The van der Waals surface area contributed by atoms with Crippen molar-refractivity contribution in [3.8, 4) is 0 Å². The molecule has 0 spiro atoms. The molecule has 1 rings (SSSR count). The molecular formula is C16H24O. The number of aldehydes is 1. The zero-order valence-corrected chi connectivity index (χ0v) is 11.0. The fourth-order valence-electron chi connectivity index (χ4n) is 2.02. The Hall–Kier alpha value is -1.11. The monoisotopic (exact) mass is 232 g/mol. The van der Waals surface area contributed by atoms with E-state index in [1.54, 1.807) is 0 Å². The van der Waals surface area contributed by atoms with E-state index in [0.717, 1.165) is 19.1 Å². The average Bonchev–Trinajstić information content (AvgIpc) is 2.37. The molecule has 0 saturated carbocycles. The number of benzene rings is 1. The highest BCUT2D eigenvalue weighted by molar-refractivity contribution is 5.49. The Morgan fingerprint density at radius 2 is 1.47 bits per heavy atom. The maximum atomic E-state index is 10.2. The highest BCUT2D eigenvalue weighted by atomic mass is 16.1. The second-order valence-electron chi connectivity index (χ2n) is 4.69. The van der Waals surface area contributed by atoms with Gasteiger partial charge in [0.1, 0.15) is 6.29 Å². The van der Waals surface area contributed by atoms with E-state index in [2.05, 4.69) is 31.2 Å². The molecule has 1 nitrogen and oxygen atoms in total. The minimum Gasteiger partial charge on any atom is -0.303 e. The third kappa shape index (κ3) is 6.25. The third-order valence-corrected chi connectivity index (χ3v) is 3.13. The molecule has 0 atom stereocenters. The van der Waals surface area contributed by atoms with Crippen molar-refractivity contribution in [1.82, 2.24) is 0 Å². The van der Waals surface area contributed by atoms with Crippen LogP contribution in [0.5, 0.6) is 0 Å². The predicted molar refractivity (Wildman–Crippen MR) is 73.3 cm³/mol. The van der Waals surface area contributed by atoms with E-state index < -0.39 is 0 Å². The molecule has 1 aromatic rings. The summed E-state index contributed by atoms with van der Waals surface area (Å²) in [5.74, 6) is 0. The van der Waals surface area contributed by atoms with E-state index >= 15 is 0 Å². The summed E-state index contributed by atoms with van der Waals surface area (Å²) in [4.78, 5) is 10.2. The molecular weight excluding hydrogens is 208 g/mol. The van der Waals surface area contributed by atoms with Gasteiger partial charge in [0.2, 0.25) is 0 Å². The van der Waals surface area contributed by atoms with E-state index in [1.165, 1.54) is 43.2 Å². The van der Waals surface area contributed by atoms with Crippen molar-refractivity contribution in [2.24, 2.45) is 0 Å². The summed E-state index contributed by atoms with van der Waals surface area (Å²) in [7, 11) is 0. The molecule has 0 aromatic heterocycles. The van der Waals surface area contributed by atoms with E-state index in [9.17, 15) is 4.79 Å². The summed E-state index contributed by atoms with van der Waals surface area (Å²) in [6.45, 7) is 2.24. The Morgan fingerprint density at radius 3 is 2.00 bits per heavy atom. The molecule has 0 bridgehead atoms. The van der Waals surface area contributed by atoms with Crippen LogP contribution in [-0.4, -0.2) is 6.29 Å². The highest BCUT2D eigenvalue weighted by Gasteiger charge is 1.96. The molecule has 0 amide bonds. The third-order valence-electron chi connectivity index (χ3n) is 3.13. The van der Waals surface area contributed by atoms with Gasteiger partial charge in [-0.25, -0.2) is 0 Å². The van der Waals surface area contributed by atoms with Gasteiger partial charge in [-0.15, -0.1) is 0 Å². The number of carbonyl (C=O) groups excluding carboxylic acids is 1. The topological polar surface area (TPSA) is 17.1 Å². The van der Waals surface area contributed by atoms with Gasteiger partial charge in [-0.05, 0) is 36.8 Å². The first-order valence-corrected chi connectivity index (χ1v) is 6.88. The fraction of sp³-hybridized carbons (Fsp3) is 0.562. The van der Waals surface area contributed by atoms with Crippen LogP contribution in [0.4, 0.5) is 0 Å². The predicted octanol–water partition coefficient (Wildman–Crippen LogP) is 4.33. The van der Waals surface area contributed by atoms with Gasteiger partial charge in [0.25, 0.3) is 0 Å². The van der Waals surface area contributed by atoms with Gasteiger partial charge < -0.3 is 4.79 Å². The van der Waals surface area contributed by atoms with Crippen LogP contribution in [0.25, 0.3) is 0 Å². The standard InChI is InChI=1S/C16H24O/c1-2-3-4-5-8-15-10-12-16(13-11-15)9-6-7-14-17/h10-14H,2-9H2,1H3. The zero-order chi connectivity index (χ0) is 12.3. The highest BCUT2D eigenvalue weighted by Crippen LogP contribution is 2.11. The van der Waals surface area contributed by atoms with Crippen LogP contribution in [0.3, 0.4) is 0 Å². The summed E-state index contributed by atoms with van der Waals surface area (Å²) >= 11 is 0. The Labute approximate surface area is 105 Å². The molecule has 0 aliphatic rings. The van der Waals surface area contributed by atoms with Gasteiger partial charge in [0, 0.05) is 6.42 Å². The van der Waals surface area contributed by atoms with Crippen molar-refractivity contribution in [3.05, 3.63) is 35.4 Å². The Morgan fingerprint density at radius 1 is 0.882 bits per heavy atom. The van der Waals surface area contributed by atoms with Gasteiger partial charge in [-0.3, -0.25) is 0 Å². The molecule has 94 valence electrons. The van der Waals surface area contributed by atoms with Crippen LogP contribution >= 0.6 is 0 Å². The van der Waals surface area contributed by atoms with Gasteiger partial charge in [0.05, 0.1) is 0 Å². The largest absolute Gasteiger partial charge is 0.303 e. The van der Waals surface area contributed by atoms with Crippen molar-refractivity contribution in [1.29, 1.82) is 0 Å². The second kappa shape index (κ2) is 8.98. The van der Waals surface area contributed by atoms with Crippen LogP contribution in [0.1, 0.15) is 56.6 Å². The number of hydrogen-bond acceptors (Lipinski definition) is 1. The molecule has 0 saturated heterocycles. The molecule has 0 aliphatic heterocycles. The van der Waals surface area contributed by atoms with Gasteiger partial charge in [0.15, 0.2) is 0 Å². The van der Waals surface area contributed by atoms with E-state index in [1.807, 2.05) is 0 Å². The summed E-state index contributed by atoms with van der Waals surface area (Å²) in [6.07, 6.45) is 10.2. The van der Waals surface area contributed by atoms with E-state index in [-0.39, 0.29) is 0 Å². The lowest BCUT2D eigenvalue weighted by Crippen LogP contribution is -1.89. The first-order valence-electron chi connectivity index (χ1n) is 6.88. The normalized spacial score (nSPS) is 10.4. The van der Waals surface area contributed by atoms with Crippen LogP contribution in [0.15, 0.2) is 24.3 Å². The summed E-state index contributed by atoms with van der Waals surface area (Å²) < 4.78 is 0. The number of aryl methyl sites for hydroxylation is 2. The first kappa shape index (κ1) is 14.0. The lowest BCUT2D eigenvalue weighted by atomic mass is 10.0. The number of carbonyl (C=O) groups is 1. The molecule has 0 fully saturated rings. The SMILES string of the molecule is CCCCCCc1ccc(CCCC=O)cc1. The lowest BCUT2D eigenvalue weighted by Gasteiger charge is -2.03. The average molecular weight is 232 g/mol. The van der Waals surface area contributed by atoms with Gasteiger partial charge in [-0.1, -0.05) is 50.5 Å². The molecule has 1 aromatic carbocycles. The summed E-state index contributed by atoms with van der Waals surface area (Å²) in [6, 6.07) is 8.89. The zero-order valence-electron chi connectivity index (χ0n) is 11.0. The first-order chi connectivity index (χ1) is 8.36. The minimum absolute atomic E-state index is 0.679. The quantitative estimate of drug-likeness (QED) is 0.457. The van der Waals surface area contributed by atoms with Crippen molar-refractivity contribution in [2.75, 3.05) is 0 Å². The van der Waals surface area contributed by atoms with Crippen LogP contribution in [0.2, 0.25) is 0 Å². The molecule has 1 heteroatoms. The second-order valence-corrected chi connectivity index (χ2v) is 4.69. The number of rotatable bonds is 9. The lowest BCUT2D eigenvalue weighted by molar-refractivity contribution is -0.107. The van der Waals surface area contributed by atoms with E-state index in [4.69, 9.17) is 0 Å². The van der Waals surface area contributed by atoms with E-state index in [0.29, 0.717) is 6.42 Å². The Balaban J connectivity index is 2.26. The maximum Gasteiger partial charge on any atom is 0.120 e. The molecule has 17 heavy (non-hydrogen) atoms. The van der Waals surface area contributed by atoms with Crippen LogP contribution in [0, 0.1) is 0 Å². The van der Waals surface area contributed by atoms with Gasteiger partial charge in [-0.2, -0.15) is 0 Å². The number of unbranched alkanes of at least 4 members (excludes halogenated alkanes) is 4. The van der Waals surface area contributed by atoms with Crippen LogP contribution in [-0.2, 0) is 17.6 Å². The number of hydrogen-bond donors (Lipinski definition) is 0. The molecule has 0 aliphatic carbocycles. The van der Waals surface area contributed by atoms with Crippen molar-refractivity contribution < 1.29 is 4.79 Å². The fourth-order valence-corrected chi connectivity index (χ4v) is 2.02. The molecule has 0 unspecified atom stereocenters. The Bertz CT molecular complexity index is 300. The van der Waals surface area contributed by atoms with Crippen molar-refractivity contribution >= 4 is 6.29 Å². The smallest absolute Gasteiger partial charge is 0.120 e. The van der Waals surface area contributed by atoms with Crippen LogP contribution < -0.4 is 0 Å². The van der Waals surface area contributed by atoms with Crippen molar-refractivity contribution in [2.45, 2.75) is 58.3 Å². The van der Waals surface area contributed by atoms with Crippen molar-refractivity contribution in [3.63, 3.8) is 0 Å².